The molecule has 1 aliphatic rings. The maximum absolute atomic E-state index is 12.0. The van der Waals surface area contributed by atoms with Crippen LogP contribution in [-0.2, 0) is 4.79 Å². The van der Waals surface area contributed by atoms with Crippen LogP contribution in [0, 0.1) is 6.92 Å². The molecule has 1 saturated heterocycles. The summed E-state index contributed by atoms with van der Waals surface area (Å²) >= 11 is 3.47. The van der Waals surface area contributed by atoms with Crippen LogP contribution >= 0.6 is 28.3 Å². The smallest absolute Gasteiger partial charge is 0.241 e. The Balaban J connectivity index is 0.00000162. The fourth-order valence-electron chi connectivity index (χ4n) is 2.04. The van der Waals surface area contributed by atoms with E-state index < -0.39 is 0 Å². The molecule has 18 heavy (non-hydrogen) atoms. The summed E-state index contributed by atoms with van der Waals surface area (Å²) in [7, 11) is 0. The minimum absolute atomic E-state index is 0. The van der Waals surface area contributed by atoms with Crippen LogP contribution < -0.4 is 10.6 Å². The highest BCUT2D eigenvalue weighted by Gasteiger charge is 2.20. The molecular weight excluding hydrogens is 316 g/mol. The predicted molar refractivity (Wildman–Crippen MR) is 80.4 cm³/mol. The third-order valence-electron chi connectivity index (χ3n) is 3.15. The fourth-order valence-corrected chi connectivity index (χ4v) is 2.40. The van der Waals surface area contributed by atoms with E-state index in [1.54, 1.807) is 0 Å². The van der Waals surface area contributed by atoms with Crippen LogP contribution in [0.4, 0.5) is 5.69 Å². The molecule has 1 aromatic rings. The van der Waals surface area contributed by atoms with Gasteiger partial charge in [0, 0.05) is 10.2 Å². The van der Waals surface area contributed by atoms with Crippen LogP contribution in [0.25, 0.3) is 0 Å². The summed E-state index contributed by atoms with van der Waals surface area (Å²) in [5.74, 6) is 0.0749. The van der Waals surface area contributed by atoms with Gasteiger partial charge in [-0.25, -0.2) is 0 Å². The standard InChI is InChI=1S/C13H17BrN2O.ClH/c1-9-10(14)5-4-7-11(9)16-13(17)12-6-2-3-8-15-12;/h4-5,7,12,15H,2-3,6,8H2,1H3,(H,16,17);1H. The number of piperidine rings is 1. The van der Waals surface area contributed by atoms with Gasteiger partial charge in [-0.1, -0.05) is 28.4 Å². The van der Waals surface area contributed by atoms with E-state index in [-0.39, 0.29) is 24.4 Å². The Labute approximate surface area is 122 Å². The van der Waals surface area contributed by atoms with Gasteiger partial charge in [-0.15, -0.1) is 12.4 Å². The summed E-state index contributed by atoms with van der Waals surface area (Å²) in [4.78, 5) is 12.0. The normalized spacial score (nSPS) is 18.9. The van der Waals surface area contributed by atoms with Gasteiger partial charge in [0.15, 0.2) is 0 Å². The number of carbonyl (C=O) groups is 1. The molecule has 1 aliphatic heterocycles. The topological polar surface area (TPSA) is 41.1 Å². The van der Waals surface area contributed by atoms with E-state index in [1.807, 2.05) is 25.1 Å². The van der Waals surface area contributed by atoms with Gasteiger partial charge in [0.05, 0.1) is 6.04 Å². The summed E-state index contributed by atoms with van der Waals surface area (Å²) in [6.07, 6.45) is 3.22. The predicted octanol–water partition coefficient (Wildman–Crippen LogP) is 3.26. The Morgan fingerprint density at radius 1 is 1.44 bits per heavy atom. The molecule has 1 heterocycles. The summed E-state index contributed by atoms with van der Waals surface area (Å²) in [6, 6.07) is 5.80. The minimum Gasteiger partial charge on any atom is -0.324 e. The van der Waals surface area contributed by atoms with Gasteiger partial charge < -0.3 is 10.6 Å². The molecule has 1 fully saturated rings. The molecule has 1 unspecified atom stereocenters. The molecule has 5 heteroatoms. The largest absolute Gasteiger partial charge is 0.324 e. The van der Waals surface area contributed by atoms with Crippen LogP contribution in [0.2, 0.25) is 0 Å². The average molecular weight is 334 g/mol. The van der Waals surface area contributed by atoms with E-state index in [4.69, 9.17) is 0 Å². The molecule has 0 aromatic heterocycles. The number of rotatable bonds is 2. The molecule has 2 N–H and O–H groups in total. The Kier molecular flexibility index (Phi) is 6.12. The summed E-state index contributed by atoms with van der Waals surface area (Å²) in [5, 5.41) is 6.24. The monoisotopic (exact) mass is 332 g/mol. The summed E-state index contributed by atoms with van der Waals surface area (Å²) in [6.45, 7) is 2.93. The lowest BCUT2D eigenvalue weighted by Gasteiger charge is -2.23. The third kappa shape index (κ3) is 3.70. The second-order valence-electron chi connectivity index (χ2n) is 4.40. The van der Waals surface area contributed by atoms with E-state index >= 15 is 0 Å². The number of carbonyl (C=O) groups excluding carboxylic acids is 1. The lowest BCUT2D eigenvalue weighted by atomic mass is 10.0. The minimum atomic E-state index is -0.0397. The Morgan fingerprint density at radius 3 is 2.89 bits per heavy atom. The molecule has 1 aromatic carbocycles. The number of benzene rings is 1. The number of halogens is 2. The van der Waals surface area contributed by atoms with Crippen LogP contribution in [0.5, 0.6) is 0 Å². The van der Waals surface area contributed by atoms with Gasteiger partial charge in [0.2, 0.25) is 5.91 Å². The number of hydrogen-bond donors (Lipinski definition) is 2. The lowest BCUT2D eigenvalue weighted by Crippen LogP contribution is -2.43. The quantitative estimate of drug-likeness (QED) is 0.872. The Hall–Kier alpha value is -0.580. The molecule has 0 saturated carbocycles. The molecule has 100 valence electrons. The number of anilines is 1. The fraction of sp³-hybridized carbons (Fsp3) is 0.462. The molecule has 0 aliphatic carbocycles. The van der Waals surface area contributed by atoms with Crippen molar-refractivity contribution >= 4 is 39.9 Å². The second kappa shape index (κ2) is 7.12. The van der Waals surface area contributed by atoms with Crippen molar-refractivity contribution < 1.29 is 4.79 Å². The van der Waals surface area contributed by atoms with Crippen molar-refractivity contribution in [2.24, 2.45) is 0 Å². The number of hydrogen-bond acceptors (Lipinski definition) is 2. The van der Waals surface area contributed by atoms with Crippen LogP contribution in [0.1, 0.15) is 24.8 Å². The molecule has 1 atom stereocenters. The van der Waals surface area contributed by atoms with E-state index in [1.165, 1.54) is 6.42 Å². The van der Waals surface area contributed by atoms with Gasteiger partial charge in [-0.3, -0.25) is 4.79 Å². The molecule has 0 spiro atoms. The first-order valence-corrected chi connectivity index (χ1v) is 6.77. The van der Waals surface area contributed by atoms with Crippen molar-refractivity contribution in [3.8, 4) is 0 Å². The average Bonchev–Trinajstić information content (AvgIpc) is 2.36. The highest BCUT2D eigenvalue weighted by Crippen LogP contribution is 2.23. The highest BCUT2D eigenvalue weighted by molar-refractivity contribution is 9.10. The number of amides is 1. The van der Waals surface area contributed by atoms with E-state index in [0.717, 1.165) is 35.1 Å². The van der Waals surface area contributed by atoms with Gasteiger partial charge >= 0.3 is 0 Å². The molecule has 0 bridgehead atoms. The maximum atomic E-state index is 12.0. The first-order chi connectivity index (χ1) is 8.18. The van der Waals surface area contributed by atoms with E-state index in [9.17, 15) is 4.79 Å². The molecule has 2 rings (SSSR count). The molecular formula is C13H18BrClN2O. The van der Waals surface area contributed by atoms with Crippen LogP contribution in [0.3, 0.4) is 0 Å². The highest BCUT2D eigenvalue weighted by atomic mass is 79.9. The van der Waals surface area contributed by atoms with Gasteiger partial charge in [0.1, 0.15) is 0 Å². The van der Waals surface area contributed by atoms with Crippen molar-refractivity contribution in [3.63, 3.8) is 0 Å². The first-order valence-electron chi connectivity index (χ1n) is 5.98. The van der Waals surface area contributed by atoms with Crippen molar-refractivity contribution in [2.75, 3.05) is 11.9 Å². The van der Waals surface area contributed by atoms with Crippen molar-refractivity contribution in [1.29, 1.82) is 0 Å². The van der Waals surface area contributed by atoms with Gasteiger partial charge in [-0.05, 0) is 44.0 Å². The lowest BCUT2D eigenvalue weighted by molar-refractivity contribution is -0.118. The Bertz CT molecular complexity index is 419. The van der Waals surface area contributed by atoms with Crippen molar-refractivity contribution in [1.82, 2.24) is 5.32 Å². The van der Waals surface area contributed by atoms with Crippen LogP contribution in [0.15, 0.2) is 22.7 Å². The Morgan fingerprint density at radius 2 is 2.22 bits per heavy atom. The zero-order valence-electron chi connectivity index (χ0n) is 10.3. The first kappa shape index (κ1) is 15.5. The van der Waals surface area contributed by atoms with E-state index in [0.29, 0.717) is 0 Å². The summed E-state index contributed by atoms with van der Waals surface area (Å²) in [5.41, 5.74) is 1.95. The molecule has 1 amide bonds. The SMILES string of the molecule is Cc1c(Br)cccc1NC(=O)C1CCCCN1.Cl. The zero-order valence-corrected chi connectivity index (χ0v) is 12.7. The molecule has 0 radical (unpaired) electrons. The van der Waals surface area contributed by atoms with Crippen molar-refractivity contribution in [3.05, 3.63) is 28.2 Å². The van der Waals surface area contributed by atoms with Gasteiger partial charge in [-0.2, -0.15) is 0 Å². The second-order valence-corrected chi connectivity index (χ2v) is 5.26. The van der Waals surface area contributed by atoms with Gasteiger partial charge in [0.25, 0.3) is 0 Å². The molecule has 3 nitrogen and oxygen atoms in total. The number of nitrogens with one attached hydrogen (secondary N) is 2. The summed E-state index contributed by atoms with van der Waals surface area (Å²) < 4.78 is 1.02. The maximum Gasteiger partial charge on any atom is 0.241 e. The van der Waals surface area contributed by atoms with Crippen LogP contribution in [-0.4, -0.2) is 18.5 Å². The third-order valence-corrected chi connectivity index (χ3v) is 4.01. The van der Waals surface area contributed by atoms with E-state index in [2.05, 4.69) is 26.6 Å². The zero-order chi connectivity index (χ0) is 12.3. The van der Waals surface area contributed by atoms with Crippen molar-refractivity contribution in [2.45, 2.75) is 32.2 Å².